The van der Waals surface area contributed by atoms with Crippen molar-refractivity contribution < 1.29 is 14.3 Å². The minimum atomic E-state index is -0.126. The molecule has 26 heavy (non-hydrogen) atoms. The molecule has 136 valence electrons. The van der Waals surface area contributed by atoms with E-state index in [2.05, 4.69) is 34.6 Å². The molecule has 2 N–H and O–H groups in total. The second-order valence-electron chi connectivity index (χ2n) is 5.93. The number of hydrogen-bond donors (Lipinski definition) is 2. The number of carbonyl (C=O) groups excluding carboxylic acids is 1. The zero-order valence-electron chi connectivity index (χ0n) is 14.5. The van der Waals surface area contributed by atoms with Gasteiger partial charge < -0.3 is 19.4 Å². The molecule has 0 bridgehead atoms. The number of aliphatic hydroxyl groups excluding tert-OH is 1. The van der Waals surface area contributed by atoms with Gasteiger partial charge in [-0.2, -0.15) is 0 Å². The summed E-state index contributed by atoms with van der Waals surface area (Å²) in [7, 11) is 0. The topological polar surface area (TPSA) is 80.3 Å². The van der Waals surface area contributed by atoms with E-state index in [4.69, 9.17) is 4.42 Å². The van der Waals surface area contributed by atoms with Crippen LogP contribution < -0.4 is 5.32 Å². The van der Waals surface area contributed by atoms with Gasteiger partial charge in [0.15, 0.2) is 5.16 Å². The molecule has 2 aromatic heterocycles. The van der Waals surface area contributed by atoms with E-state index in [1.807, 2.05) is 23.8 Å². The van der Waals surface area contributed by atoms with Crippen LogP contribution in [0.4, 0.5) is 0 Å². The van der Waals surface area contributed by atoms with Crippen LogP contribution >= 0.6 is 11.8 Å². The molecule has 0 atom stereocenters. The fourth-order valence-electron chi connectivity index (χ4n) is 2.43. The van der Waals surface area contributed by atoms with Crippen LogP contribution in [0.3, 0.4) is 0 Å². The Hall–Kier alpha value is -2.51. The first-order valence-corrected chi connectivity index (χ1v) is 9.27. The summed E-state index contributed by atoms with van der Waals surface area (Å²) in [6.45, 7) is 2.93. The molecule has 0 aliphatic rings. The van der Waals surface area contributed by atoms with Gasteiger partial charge in [-0.05, 0) is 24.6 Å². The van der Waals surface area contributed by atoms with Crippen LogP contribution in [0.25, 0.3) is 0 Å². The van der Waals surface area contributed by atoms with E-state index in [-0.39, 0.29) is 18.3 Å². The number of benzene rings is 1. The van der Waals surface area contributed by atoms with Crippen molar-refractivity contribution in [2.24, 2.45) is 0 Å². The Kier molecular flexibility index (Phi) is 6.14. The van der Waals surface area contributed by atoms with Crippen LogP contribution in [0.1, 0.15) is 22.6 Å². The minimum absolute atomic E-state index is 0.0955. The van der Waals surface area contributed by atoms with Crippen molar-refractivity contribution in [3.8, 4) is 0 Å². The molecule has 6 nitrogen and oxygen atoms in total. The molecule has 0 spiro atoms. The first-order chi connectivity index (χ1) is 12.6. The van der Waals surface area contributed by atoms with Crippen molar-refractivity contribution in [3.63, 3.8) is 0 Å². The van der Waals surface area contributed by atoms with E-state index in [9.17, 15) is 9.90 Å². The third-order valence-electron chi connectivity index (χ3n) is 3.80. The SMILES string of the molecule is Cc1ccc(Cn2cc(CO)nc2SCC(=O)NCc2ccco2)cc1. The van der Waals surface area contributed by atoms with E-state index in [0.717, 1.165) is 5.56 Å². The number of aryl methyl sites for hydroxylation is 1. The number of carbonyl (C=O) groups is 1. The lowest BCUT2D eigenvalue weighted by molar-refractivity contribution is -0.118. The summed E-state index contributed by atoms with van der Waals surface area (Å²) in [6, 6.07) is 11.9. The maximum atomic E-state index is 12.0. The Balaban J connectivity index is 1.60. The molecule has 3 aromatic rings. The van der Waals surface area contributed by atoms with Crippen molar-refractivity contribution in [2.75, 3.05) is 5.75 Å². The van der Waals surface area contributed by atoms with Gasteiger partial charge in [-0.15, -0.1) is 0 Å². The number of furan rings is 1. The number of hydrogen-bond acceptors (Lipinski definition) is 5. The highest BCUT2D eigenvalue weighted by Gasteiger charge is 2.11. The monoisotopic (exact) mass is 371 g/mol. The second kappa shape index (κ2) is 8.73. The largest absolute Gasteiger partial charge is 0.467 e. The number of amides is 1. The number of aromatic nitrogens is 2. The van der Waals surface area contributed by atoms with Gasteiger partial charge in [0.05, 0.1) is 30.9 Å². The molecule has 0 radical (unpaired) electrons. The predicted molar refractivity (Wildman–Crippen MR) is 99.7 cm³/mol. The zero-order valence-corrected chi connectivity index (χ0v) is 15.3. The molecule has 0 saturated heterocycles. The van der Waals surface area contributed by atoms with Crippen LogP contribution in [0.15, 0.2) is 58.4 Å². The molecule has 0 unspecified atom stereocenters. The van der Waals surface area contributed by atoms with Gasteiger partial charge in [-0.25, -0.2) is 4.98 Å². The minimum Gasteiger partial charge on any atom is -0.467 e. The average molecular weight is 371 g/mol. The number of rotatable bonds is 8. The molecule has 0 aliphatic heterocycles. The van der Waals surface area contributed by atoms with Crippen LogP contribution in [-0.4, -0.2) is 26.3 Å². The number of imidazole rings is 1. The molecule has 1 amide bonds. The summed E-state index contributed by atoms with van der Waals surface area (Å²) >= 11 is 1.35. The number of aliphatic hydroxyl groups is 1. The van der Waals surface area contributed by atoms with Gasteiger partial charge in [-0.1, -0.05) is 41.6 Å². The third-order valence-corrected chi connectivity index (χ3v) is 4.79. The zero-order chi connectivity index (χ0) is 18.4. The highest BCUT2D eigenvalue weighted by atomic mass is 32.2. The lowest BCUT2D eigenvalue weighted by Crippen LogP contribution is -2.24. The Morgan fingerprint density at radius 2 is 2.12 bits per heavy atom. The summed E-state index contributed by atoms with van der Waals surface area (Å²) in [6.07, 6.45) is 3.40. The third kappa shape index (κ3) is 5.00. The van der Waals surface area contributed by atoms with E-state index < -0.39 is 0 Å². The van der Waals surface area contributed by atoms with Crippen LogP contribution in [0.5, 0.6) is 0 Å². The molecule has 7 heteroatoms. The van der Waals surface area contributed by atoms with Crippen molar-refractivity contribution in [2.45, 2.75) is 31.8 Å². The van der Waals surface area contributed by atoms with Crippen molar-refractivity contribution in [1.82, 2.24) is 14.9 Å². The Labute approximate surface area is 156 Å². The van der Waals surface area contributed by atoms with Gasteiger partial charge in [0.25, 0.3) is 0 Å². The van der Waals surface area contributed by atoms with Crippen molar-refractivity contribution in [1.29, 1.82) is 0 Å². The fraction of sp³-hybridized carbons (Fsp3) is 0.263. The summed E-state index contributed by atoms with van der Waals surface area (Å²) in [5, 5.41) is 12.9. The van der Waals surface area contributed by atoms with Gasteiger partial charge >= 0.3 is 0 Å². The van der Waals surface area contributed by atoms with Crippen LogP contribution in [-0.2, 0) is 24.5 Å². The van der Waals surface area contributed by atoms with E-state index >= 15 is 0 Å². The van der Waals surface area contributed by atoms with Crippen LogP contribution in [0, 0.1) is 6.92 Å². The summed E-state index contributed by atoms with van der Waals surface area (Å²) in [5.74, 6) is 0.866. The Morgan fingerprint density at radius 1 is 1.31 bits per heavy atom. The molecule has 0 fully saturated rings. The maximum absolute atomic E-state index is 12.0. The fourth-order valence-corrected chi connectivity index (χ4v) is 3.25. The lowest BCUT2D eigenvalue weighted by Gasteiger charge is -2.08. The molecule has 0 saturated carbocycles. The second-order valence-corrected chi connectivity index (χ2v) is 6.87. The standard InChI is InChI=1S/C19H21N3O3S/c1-14-4-6-15(7-5-14)10-22-11-16(12-23)21-19(22)26-13-18(24)20-9-17-3-2-8-25-17/h2-8,11,23H,9-10,12-13H2,1H3,(H,20,24). The molecular weight excluding hydrogens is 350 g/mol. The maximum Gasteiger partial charge on any atom is 0.230 e. The van der Waals surface area contributed by atoms with Gasteiger partial charge in [-0.3, -0.25) is 4.79 Å². The number of nitrogens with zero attached hydrogens (tertiary/aromatic N) is 2. The summed E-state index contributed by atoms with van der Waals surface area (Å²) < 4.78 is 7.15. The highest BCUT2D eigenvalue weighted by molar-refractivity contribution is 7.99. The average Bonchev–Trinajstić information content (AvgIpc) is 3.30. The Bertz CT molecular complexity index is 842. The Morgan fingerprint density at radius 3 is 2.81 bits per heavy atom. The number of nitrogens with one attached hydrogen (secondary N) is 1. The summed E-state index contributed by atoms with van der Waals surface area (Å²) in [4.78, 5) is 16.4. The molecule has 3 rings (SSSR count). The van der Waals surface area contributed by atoms with E-state index in [1.54, 1.807) is 12.3 Å². The molecule has 1 aromatic carbocycles. The smallest absolute Gasteiger partial charge is 0.230 e. The van der Waals surface area contributed by atoms with Crippen molar-refractivity contribution in [3.05, 3.63) is 71.4 Å². The molecule has 2 heterocycles. The molecule has 0 aliphatic carbocycles. The number of thioether (sulfide) groups is 1. The first kappa shape index (κ1) is 18.3. The van der Waals surface area contributed by atoms with E-state index in [1.165, 1.54) is 17.3 Å². The van der Waals surface area contributed by atoms with Gasteiger partial charge in [0.1, 0.15) is 5.76 Å². The normalized spacial score (nSPS) is 10.8. The van der Waals surface area contributed by atoms with E-state index in [0.29, 0.717) is 29.7 Å². The van der Waals surface area contributed by atoms with Crippen LogP contribution in [0.2, 0.25) is 0 Å². The molecular formula is C19H21N3O3S. The van der Waals surface area contributed by atoms with Crippen molar-refractivity contribution >= 4 is 17.7 Å². The van der Waals surface area contributed by atoms with Gasteiger partial charge in [0, 0.05) is 12.7 Å². The predicted octanol–water partition coefficient (Wildman–Crippen LogP) is 2.73. The first-order valence-electron chi connectivity index (χ1n) is 8.28. The lowest BCUT2D eigenvalue weighted by atomic mass is 10.1. The van der Waals surface area contributed by atoms with Gasteiger partial charge in [0.2, 0.25) is 5.91 Å². The highest BCUT2D eigenvalue weighted by Crippen LogP contribution is 2.19. The quantitative estimate of drug-likeness (QED) is 0.595. The summed E-state index contributed by atoms with van der Waals surface area (Å²) in [5.41, 5.74) is 2.94.